The van der Waals surface area contributed by atoms with Gasteiger partial charge >= 0.3 is 0 Å². The molecule has 0 radical (unpaired) electrons. The molecule has 7 heteroatoms. The third-order valence-corrected chi connectivity index (χ3v) is 5.78. The number of anilines is 2. The van der Waals surface area contributed by atoms with E-state index in [1.165, 1.54) is 6.08 Å². The van der Waals surface area contributed by atoms with Crippen molar-refractivity contribution < 1.29 is 19.1 Å². The van der Waals surface area contributed by atoms with Crippen molar-refractivity contribution in [3.63, 3.8) is 0 Å². The fraction of sp³-hybridized carbons (Fsp3) is 0.214. The molecular formula is C28H27ClN2O4. The second kappa shape index (κ2) is 11.6. The molecule has 0 atom stereocenters. The van der Waals surface area contributed by atoms with Crippen molar-refractivity contribution in [2.75, 3.05) is 30.0 Å². The molecule has 0 aromatic heterocycles. The molecule has 0 bridgehead atoms. The molecule has 4 rings (SSSR count). The van der Waals surface area contributed by atoms with Crippen LogP contribution in [0.3, 0.4) is 0 Å². The summed E-state index contributed by atoms with van der Waals surface area (Å²) in [5.74, 6) is 1.02. The number of amides is 2. The van der Waals surface area contributed by atoms with Crippen LogP contribution < -0.4 is 19.7 Å². The highest BCUT2D eigenvalue weighted by Gasteiger charge is 2.25. The van der Waals surface area contributed by atoms with Crippen LogP contribution >= 0.6 is 11.6 Å². The van der Waals surface area contributed by atoms with Crippen LogP contribution in [-0.4, -0.2) is 31.6 Å². The Bertz CT molecular complexity index is 1210. The summed E-state index contributed by atoms with van der Waals surface area (Å²) >= 11 is 5.89. The van der Waals surface area contributed by atoms with Crippen LogP contribution in [0, 0.1) is 6.92 Å². The topological polar surface area (TPSA) is 67.9 Å². The van der Waals surface area contributed by atoms with Crippen molar-refractivity contribution in [2.45, 2.75) is 19.8 Å². The quantitative estimate of drug-likeness (QED) is 0.300. The van der Waals surface area contributed by atoms with Gasteiger partial charge in [-0.2, -0.15) is 0 Å². The van der Waals surface area contributed by atoms with Crippen LogP contribution in [0.5, 0.6) is 11.5 Å². The van der Waals surface area contributed by atoms with Crippen LogP contribution in [0.15, 0.2) is 72.8 Å². The Kier molecular flexibility index (Phi) is 8.06. The molecular weight excluding hydrogens is 464 g/mol. The van der Waals surface area contributed by atoms with Gasteiger partial charge in [-0.25, -0.2) is 0 Å². The van der Waals surface area contributed by atoms with Crippen LogP contribution in [-0.2, 0) is 9.59 Å². The fourth-order valence-corrected chi connectivity index (χ4v) is 3.78. The Morgan fingerprint density at radius 3 is 2.63 bits per heavy atom. The summed E-state index contributed by atoms with van der Waals surface area (Å²) in [6.45, 7) is 3.09. The Balaban J connectivity index is 1.33. The van der Waals surface area contributed by atoms with E-state index < -0.39 is 0 Å². The molecule has 0 spiro atoms. The molecule has 35 heavy (non-hydrogen) atoms. The highest BCUT2D eigenvalue weighted by atomic mass is 35.5. The average Bonchev–Trinajstić information content (AvgIpc) is 2.86. The van der Waals surface area contributed by atoms with Crippen LogP contribution in [0.25, 0.3) is 6.08 Å². The van der Waals surface area contributed by atoms with Gasteiger partial charge in [0, 0.05) is 23.3 Å². The number of carbonyl (C=O) groups is 2. The third-order valence-electron chi connectivity index (χ3n) is 5.53. The molecule has 0 saturated carbocycles. The van der Waals surface area contributed by atoms with Crippen LogP contribution in [0.2, 0.25) is 5.02 Å². The molecule has 3 aromatic rings. The standard InChI is InChI=1S/C28H27ClN2O4/c1-20-4-6-21(7-5-20)8-15-27(32)30-23-11-14-26-25(18-23)31(28(33)19-35-26)16-2-3-17-34-24-12-9-22(29)10-13-24/h4-15,18H,2-3,16-17,19H2,1H3,(H,30,32)/b15-8+. The summed E-state index contributed by atoms with van der Waals surface area (Å²) in [4.78, 5) is 26.7. The van der Waals surface area contributed by atoms with E-state index in [1.54, 1.807) is 41.3 Å². The normalized spacial score (nSPS) is 12.9. The molecule has 3 aromatic carbocycles. The summed E-state index contributed by atoms with van der Waals surface area (Å²) in [5, 5.41) is 3.53. The van der Waals surface area contributed by atoms with Gasteiger partial charge in [0.2, 0.25) is 5.91 Å². The highest BCUT2D eigenvalue weighted by Crippen LogP contribution is 2.34. The number of ether oxygens (including phenoxy) is 2. The molecule has 180 valence electrons. The summed E-state index contributed by atoms with van der Waals surface area (Å²) < 4.78 is 11.3. The van der Waals surface area contributed by atoms with Crippen molar-refractivity contribution in [2.24, 2.45) is 0 Å². The fourth-order valence-electron chi connectivity index (χ4n) is 3.65. The van der Waals surface area contributed by atoms with Gasteiger partial charge in [0.05, 0.1) is 12.3 Å². The molecule has 1 aliphatic heterocycles. The molecule has 0 saturated heterocycles. The monoisotopic (exact) mass is 490 g/mol. The lowest BCUT2D eigenvalue weighted by molar-refractivity contribution is -0.121. The van der Waals surface area contributed by atoms with Crippen molar-refractivity contribution >= 4 is 40.9 Å². The van der Waals surface area contributed by atoms with E-state index in [0.717, 1.165) is 29.7 Å². The minimum absolute atomic E-state index is 0.000726. The minimum Gasteiger partial charge on any atom is -0.494 e. The highest BCUT2D eigenvalue weighted by molar-refractivity contribution is 6.30. The lowest BCUT2D eigenvalue weighted by Crippen LogP contribution is -2.39. The van der Waals surface area contributed by atoms with Crippen molar-refractivity contribution in [3.8, 4) is 11.5 Å². The first-order valence-electron chi connectivity index (χ1n) is 11.5. The lowest BCUT2D eigenvalue weighted by atomic mass is 10.1. The van der Waals surface area contributed by atoms with E-state index in [9.17, 15) is 9.59 Å². The first-order chi connectivity index (χ1) is 17.0. The minimum atomic E-state index is -0.250. The zero-order valence-electron chi connectivity index (χ0n) is 19.5. The number of halogens is 1. The Hall–Kier alpha value is -3.77. The van der Waals surface area contributed by atoms with E-state index in [0.29, 0.717) is 35.3 Å². The number of unbranched alkanes of at least 4 members (excludes halogenated alkanes) is 1. The van der Waals surface area contributed by atoms with Crippen LogP contribution in [0.4, 0.5) is 11.4 Å². The average molecular weight is 491 g/mol. The summed E-state index contributed by atoms with van der Waals surface area (Å²) in [7, 11) is 0. The molecule has 2 amide bonds. The number of rotatable bonds is 9. The van der Waals surface area contributed by atoms with Gasteiger partial charge in [0.15, 0.2) is 6.61 Å². The largest absolute Gasteiger partial charge is 0.494 e. The molecule has 0 unspecified atom stereocenters. The van der Waals surface area contributed by atoms with Gasteiger partial charge in [0.1, 0.15) is 11.5 Å². The maximum atomic E-state index is 12.5. The maximum absolute atomic E-state index is 12.5. The van der Waals surface area contributed by atoms with E-state index in [4.69, 9.17) is 21.1 Å². The lowest BCUT2D eigenvalue weighted by Gasteiger charge is -2.30. The smallest absolute Gasteiger partial charge is 0.265 e. The predicted molar refractivity (Wildman–Crippen MR) is 139 cm³/mol. The van der Waals surface area contributed by atoms with Crippen molar-refractivity contribution in [3.05, 3.63) is 89.0 Å². The number of nitrogens with one attached hydrogen (secondary N) is 1. The molecule has 1 aliphatic rings. The second-order valence-corrected chi connectivity index (χ2v) is 8.70. The Labute approximate surface area is 210 Å². The number of carbonyl (C=O) groups excluding carboxylic acids is 2. The first-order valence-corrected chi connectivity index (χ1v) is 11.9. The maximum Gasteiger partial charge on any atom is 0.265 e. The van der Waals surface area contributed by atoms with E-state index in [1.807, 2.05) is 43.3 Å². The summed E-state index contributed by atoms with van der Waals surface area (Å²) in [6.07, 6.45) is 4.79. The SMILES string of the molecule is Cc1ccc(/C=C/C(=O)Nc2ccc3c(c2)N(CCCCOc2ccc(Cl)cc2)C(=O)CO3)cc1. The Morgan fingerprint density at radius 2 is 1.86 bits per heavy atom. The van der Waals surface area contributed by atoms with E-state index in [-0.39, 0.29) is 18.4 Å². The van der Waals surface area contributed by atoms with Crippen molar-refractivity contribution in [1.29, 1.82) is 0 Å². The summed E-state index contributed by atoms with van der Waals surface area (Å²) in [6, 6.07) is 20.5. The zero-order chi connectivity index (χ0) is 24.6. The third kappa shape index (κ3) is 6.87. The number of hydrogen-bond donors (Lipinski definition) is 1. The van der Waals surface area contributed by atoms with Crippen LogP contribution in [0.1, 0.15) is 24.0 Å². The number of fused-ring (bicyclic) bond motifs is 1. The first kappa shape index (κ1) is 24.4. The predicted octanol–water partition coefficient (Wildman–Crippen LogP) is 5.88. The molecule has 0 aliphatic carbocycles. The zero-order valence-corrected chi connectivity index (χ0v) is 20.3. The van der Waals surface area contributed by atoms with Gasteiger partial charge < -0.3 is 19.7 Å². The van der Waals surface area contributed by atoms with Gasteiger partial charge in [-0.1, -0.05) is 41.4 Å². The molecule has 1 heterocycles. The number of nitrogens with zero attached hydrogens (tertiary/aromatic N) is 1. The second-order valence-electron chi connectivity index (χ2n) is 8.26. The van der Waals surface area contributed by atoms with Gasteiger partial charge in [-0.15, -0.1) is 0 Å². The van der Waals surface area contributed by atoms with Crippen molar-refractivity contribution in [1.82, 2.24) is 0 Å². The number of hydrogen-bond acceptors (Lipinski definition) is 4. The summed E-state index contributed by atoms with van der Waals surface area (Å²) in [5.41, 5.74) is 3.36. The molecule has 0 fully saturated rings. The number of aryl methyl sites for hydroxylation is 1. The van der Waals surface area contributed by atoms with Gasteiger partial charge in [-0.3, -0.25) is 9.59 Å². The van der Waals surface area contributed by atoms with E-state index in [2.05, 4.69) is 5.32 Å². The Morgan fingerprint density at radius 1 is 1.09 bits per heavy atom. The van der Waals surface area contributed by atoms with Gasteiger partial charge in [0.25, 0.3) is 5.91 Å². The van der Waals surface area contributed by atoms with E-state index >= 15 is 0 Å². The molecule has 6 nitrogen and oxygen atoms in total. The number of benzene rings is 3. The van der Waals surface area contributed by atoms with Gasteiger partial charge in [-0.05, 0) is 73.9 Å². The molecule has 1 N–H and O–H groups in total.